The minimum atomic E-state index is 0.662. The van der Waals surface area contributed by atoms with E-state index in [0.717, 1.165) is 13.0 Å². The molecule has 0 rings (SSSR count). The van der Waals surface area contributed by atoms with E-state index in [1.165, 1.54) is 12.0 Å². The fraction of sp³-hybridized carbons (Fsp3) is 0.800. The normalized spacial score (nSPS) is 9.58. The highest BCUT2D eigenvalue weighted by atomic mass is 16.5. The molecule has 72 valence electrons. The molecule has 0 atom stereocenters. The third-order valence-electron chi connectivity index (χ3n) is 1.31. The lowest BCUT2D eigenvalue weighted by atomic mass is 10.4. The maximum absolute atomic E-state index is 5.30. The quantitative estimate of drug-likeness (QED) is 0.434. The summed E-state index contributed by atoms with van der Waals surface area (Å²) < 4.78 is 10.5. The van der Waals surface area contributed by atoms with E-state index in [9.17, 15) is 0 Å². The molecule has 0 aliphatic rings. The summed E-state index contributed by atoms with van der Waals surface area (Å²) in [4.78, 5) is 0. The molecule has 0 fully saturated rings. The fourth-order valence-electron chi connectivity index (χ4n) is 0.681. The topological polar surface area (TPSA) is 18.5 Å². The molecule has 0 N–H and O–H groups in total. The van der Waals surface area contributed by atoms with Crippen LogP contribution in [0.25, 0.3) is 0 Å². The van der Waals surface area contributed by atoms with E-state index in [4.69, 9.17) is 9.47 Å². The molecule has 0 saturated heterocycles. The Morgan fingerprint density at radius 3 is 2.50 bits per heavy atom. The van der Waals surface area contributed by atoms with Gasteiger partial charge < -0.3 is 9.47 Å². The number of rotatable bonds is 7. The Hall–Kier alpha value is -0.500. The van der Waals surface area contributed by atoms with Crippen LogP contribution in [0, 0.1) is 0 Å². The average molecular weight is 172 g/mol. The Kier molecular flexibility index (Phi) is 8.24. The summed E-state index contributed by atoms with van der Waals surface area (Å²) in [5, 5.41) is 0. The zero-order chi connectivity index (χ0) is 9.23. The molecule has 0 aromatic carbocycles. The first-order chi connectivity index (χ1) is 5.77. The summed E-state index contributed by atoms with van der Waals surface area (Å²) >= 11 is 0. The first-order valence-corrected chi connectivity index (χ1v) is 4.60. The van der Waals surface area contributed by atoms with E-state index in [1.54, 1.807) is 6.26 Å². The van der Waals surface area contributed by atoms with Crippen LogP contribution in [-0.2, 0) is 9.47 Å². The highest BCUT2D eigenvalue weighted by Crippen LogP contribution is 1.91. The molecule has 0 spiro atoms. The van der Waals surface area contributed by atoms with Crippen LogP contribution < -0.4 is 0 Å². The van der Waals surface area contributed by atoms with Crippen molar-refractivity contribution in [1.82, 2.24) is 0 Å². The smallest absolute Gasteiger partial charge is 0.111 e. The van der Waals surface area contributed by atoms with Crippen molar-refractivity contribution < 1.29 is 9.47 Å². The molecule has 0 amide bonds. The van der Waals surface area contributed by atoms with E-state index in [2.05, 4.69) is 6.92 Å². The van der Waals surface area contributed by atoms with E-state index in [0.29, 0.717) is 13.2 Å². The van der Waals surface area contributed by atoms with Crippen molar-refractivity contribution in [2.24, 2.45) is 0 Å². The van der Waals surface area contributed by atoms with E-state index in [-0.39, 0.29) is 0 Å². The second-order valence-electron chi connectivity index (χ2n) is 3.03. The molecule has 2 nitrogen and oxygen atoms in total. The predicted molar refractivity (Wildman–Crippen MR) is 51.1 cm³/mol. The van der Waals surface area contributed by atoms with Crippen LogP contribution in [0.1, 0.15) is 33.6 Å². The average Bonchev–Trinajstić information content (AvgIpc) is 2.02. The number of allylic oxidation sites excluding steroid dienone is 1. The van der Waals surface area contributed by atoms with Gasteiger partial charge in [-0.05, 0) is 25.8 Å². The monoisotopic (exact) mass is 172 g/mol. The van der Waals surface area contributed by atoms with Gasteiger partial charge in [0.25, 0.3) is 0 Å². The van der Waals surface area contributed by atoms with Gasteiger partial charge in [0, 0.05) is 6.61 Å². The molecule has 0 bridgehead atoms. The third-order valence-corrected chi connectivity index (χ3v) is 1.31. The second kappa shape index (κ2) is 8.60. The molecule has 0 aliphatic heterocycles. The van der Waals surface area contributed by atoms with Crippen LogP contribution in [-0.4, -0.2) is 19.8 Å². The SMILES string of the molecule is CCCCOCCOC=C(C)C. The van der Waals surface area contributed by atoms with Crippen LogP contribution in [0.15, 0.2) is 11.8 Å². The maximum Gasteiger partial charge on any atom is 0.111 e. The van der Waals surface area contributed by atoms with Gasteiger partial charge in [0.2, 0.25) is 0 Å². The van der Waals surface area contributed by atoms with Crippen LogP contribution in [0.3, 0.4) is 0 Å². The standard InChI is InChI=1S/C10H20O2/c1-4-5-6-11-7-8-12-9-10(2)3/h9H,4-8H2,1-3H3. The summed E-state index contributed by atoms with van der Waals surface area (Å²) in [6.07, 6.45) is 4.10. The highest BCUT2D eigenvalue weighted by molar-refractivity contribution is 4.86. The Morgan fingerprint density at radius 2 is 1.92 bits per heavy atom. The Balaban J connectivity index is 2.96. The molecule has 0 saturated carbocycles. The van der Waals surface area contributed by atoms with Crippen LogP contribution in [0.5, 0.6) is 0 Å². The van der Waals surface area contributed by atoms with E-state index in [1.807, 2.05) is 13.8 Å². The zero-order valence-electron chi connectivity index (χ0n) is 8.43. The second-order valence-corrected chi connectivity index (χ2v) is 3.03. The zero-order valence-corrected chi connectivity index (χ0v) is 8.43. The van der Waals surface area contributed by atoms with Gasteiger partial charge in [-0.15, -0.1) is 0 Å². The van der Waals surface area contributed by atoms with Crippen LogP contribution >= 0.6 is 0 Å². The molecule has 0 aliphatic carbocycles. The molecule has 0 heterocycles. The van der Waals surface area contributed by atoms with Gasteiger partial charge in [-0.3, -0.25) is 0 Å². The molecule has 12 heavy (non-hydrogen) atoms. The molecular weight excluding hydrogens is 152 g/mol. The lowest BCUT2D eigenvalue weighted by Crippen LogP contribution is -2.02. The van der Waals surface area contributed by atoms with Crippen LogP contribution in [0.2, 0.25) is 0 Å². The Morgan fingerprint density at radius 1 is 1.17 bits per heavy atom. The molecule has 0 aromatic rings. The fourth-order valence-corrected chi connectivity index (χ4v) is 0.681. The van der Waals surface area contributed by atoms with Crippen molar-refractivity contribution in [3.8, 4) is 0 Å². The molecule has 0 radical (unpaired) electrons. The van der Waals surface area contributed by atoms with Crippen molar-refractivity contribution in [1.29, 1.82) is 0 Å². The van der Waals surface area contributed by atoms with Crippen molar-refractivity contribution in [3.63, 3.8) is 0 Å². The molecule has 0 unspecified atom stereocenters. The number of hydrogen-bond acceptors (Lipinski definition) is 2. The lowest BCUT2D eigenvalue weighted by molar-refractivity contribution is 0.0826. The first-order valence-electron chi connectivity index (χ1n) is 4.60. The summed E-state index contributed by atoms with van der Waals surface area (Å²) in [5.74, 6) is 0. The highest BCUT2D eigenvalue weighted by Gasteiger charge is 1.86. The van der Waals surface area contributed by atoms with Gasteiger partial charge in [0.05, 0.1) is 12.9 Å². The van der Waals surface area contributed by atoms with E-state index >= 15 is 0 Å². The number of ether oxygens (including phenoxy) is 2. The van der Waals surface area contributed by atoms with Gasteiger partial charge in [0.15, 0.2) is 0 Å². The largest absolute Gasteiger partial charge is 0.499 e. The van der Waals surface area contributed by atoms with Crippen molar-refractivity contribution in [3.05, 3.63) is 11.8 Å². The van der Waals surface area contributed by atoms with Crippen LogP contribution in [0.4, 0.5) is 0 Å². The summed E-state index contributed by atoms with van der Waals surface area (Å²) in [5.41, 5.74) is 1.18. The lowest BCUT2D eigenvalue weighted by Gasteiger charge is -2.02. The van der Waals surface area contributed by atoms with Gasteiger partial charge >= 0.3 is 0 Å². The van der Waals surface area contributed by atoms with Gasteiger partial charge in [-0.1, -0.05) is 13.3 Å². The first kappa shape index (κ1) is 11.5. The molecular formula is C10H20O2. The maximum atomic E-state index is 5.30. The molecule has 0 aromatic heterocycles. The summed E-state index contributed by atoms with van der Waals surface area (Å²) in [7, 11) is 0. The Labute approximate surface area is 75.6 Å². The van der Waals surface area contributed by atoms with Gasteiger partial charge in [-0.2, -0.15) is 0 Å². The third kappa shape index (κ3) is 9.50. The number of unbranched alkanes of at least 4 members (excludes halogenated alkanes) is 1. The van der Waals surface area contributed by atoms with Crippen molar-refractivity contribution >= 4 is 0 Å². The van der Waals surface area contributed by atoms with Gasteiger partial charge in [0.1, 0.15) is 6.61 Å². The Bertz CT molecular complexity index is 115. The predicted octanol–water partition coefficient (Wildman–Crippen LogP) is 2.74. The summed E-state index contributed by atoms with van der Waals surface area (Å²) in [6.45, 7) is 8.40. The van der Waals surface area contributed by atoms with E-state index < -0.39 is 0 Å². The molecule has 2 heteroatoms. The minimum absolute atomic E-state index is 0.662. The summed E-state index contributed by atoms with van der Waals surface area (Å²) in [6, 6.07) is 0. The van der Waals surface area contributed by atoms with Gasteiger partial charge in [-0.25, -0.2) is 0 Å². The minimum Gasteiger partial charge on any atom is -0.499 e. The van der Waals surface area contributed by atoms with Crippen molar-refractivity contribution in [2.45, 2.75) is 33.6 Å². The number of hydrogen-bond donors (Lipinski definition) is 0. The van der Waals surface area contributed by atoms with Crippen molar-refractivity contribution in [2.75, 3.05) is 19.8 Å².